The molecular formula is C18H21N5O2. The molecule has 25 heavy (non-hydrogen) atoms. The molecule has 0 aliphatic heterocycles. The predicted molar refractivity (Wildman–Crippen MR) is 92.3 cm³/mol. The fourth-order valence-corrected chi connectivity index (χ4v) is 2.40. The smallest absolute Gasteiger partial charge is 0.272 e. The van der Waals surface area contributed by atoms with Crippen LogP contribution in [0.5, 0.6) is 0 Å². The van der Waals surface area contributed by atoms with Crippen LogP contribution in [0.15, 0.2) is 47.1 Å². The number of benzene rings is 1. The van der Waals surface area contributed by atoms with Crippen molar-refractivity contribution in [1.29, 1.82) is 0 Å². The van der Waals surface area contributed by atoms with Gasteiger partial charge in [0.05, 0.1) is 11.2 Å². The van der Waals surface area contributed by atoms with Gasteiger partial charge in [-0.3, -0.25) is 4.79 Å². The van der Waals surface area contributed by atoms with Crippen LogP contribution in [0.4, 0.5) is 0 Å². The van der Waals surface area contributed by atoms with Crippen LogP contribution >= 0.6 is 0 Å². The molecule has 2 heterocycles. The molecule has 0 aliphatic carbocycles. The molecule has 2 aromatic heterocycles. The second-order valence-corrected chi connectivity index (χ2v) is 6.32. The van der Waals surface area contributed by atoms with Gasteiger partial charge >= 0.3 is 0 Å². The third-order valence-corrected chi connectivity index (χ3v) is 3.76. The lowest BCUT2D eigenvalue weighted by molar-refractivity contribution is 0.0902. The summed E-state index contributed by atoms with van der Waals surface area (Å²) in [7, 11) is 0. The van der Waals surface area contributed by atoms with Gasteiger partial charge < -0.3 is 9.84 Å². The topological polar surface area (TPSA) is 85.8 Å². The average molecular weight is 339 g/mol. The molecule has 7 heteroatoms. The van der Waals surface area contributed by atoms with Crippen LogP contribution in [0.25, 0.3) is 5.69 Å². The number of carbonyl (C=O) groups excluding carboxylic acids is 1. The third kappa shape index (κ3) is 3.76. The highest BCUT2D eigenvalue weighted by Crippen LogP contribution is 2.18. The number of para-hydroxylation sites is 1. The van der Waals surface area contributed by atoms with Crippen LogP contribution in [0.1, 0.15) is 49.4 Å². The Morgan fingerprint density at radius 3 is 2.72 bits per heavy atom. The lowest BCUT2D eigenvalue weighted by atomic mass is 10.0. The molecule has 3 rings (SSSR count). The number of aromatic nitrogens is 4. The lowest BCUT2D eigenvalue weighted by Crippen LogP contribution is -2.42. The van der Waals surface area contributed by atoms with Crippen LogP contribution < -0.4 is 5.32 Å². The minimum atomic E-state index is -0.761. The zero-order chi connectivity index (χ0) is 17.9. The molecule has 1 aromatic carbocycles. The van der Waals surface area contributed by atoms with Crippen molar-refractivity contribution < 1.29 is 9.32 Å². The highest BCUT2D eigenvalue weighted by molar-refractivity contribution is 5.92. The van der Waals surface area contributed by atoms with Crippen molar-refractivity contribution in [3.63, 3.8) is 0 Å². The van der Waals surface area contributed by atoms with Gasteiger partial charge in [-0.05, 0) is 38.5 Å². The van der Waals surface area contributed by atoms with Gasteiger partial charge in [0, 0.05) is 12.6 Å². The molecule has 0 aliphatic rings. The highest BCUT2D eigenvalue weighted by Gasteiger charge is 2.29. The van der Waals surface area contributed by atoms with Crippen molar-refractivity contribution >= 4 is 5.91 Å². The van der Waals surface area contributed by atoms with Crippen molar-refractivity contribution in [3.8, 4) is 5.69 Å². The zero-order valence-electron chi connectivity index (χ0n) is 14.6. The standard InChI is InChI=1S/C18H21N5O2/c1-4-8-15-19-17(22-25-15)18(2,3)20-16(24)14-11-12-23(21-14)13-9-6-5-7-10-13/h5-7,9-12H,4,8H2,1-3H3,(H,20,24). The molecule has 130 valence electrons. The molecule has 0 spiro atoms. The molecular weight excluding hydrogens is 318 g/mol. The largest absolute Gasteiger partial charge is 0.339 e. The maximum Gasteiger partial charge on any atom is 0.272 e. The number of rotatable bonds is 6. The van der Waals surface area contributed by atoms with E-state index in [9.17, 15) is 4.79 Å². The molecule has 0 unspecified atom stereocenters. The van der Waals surface area contributed by atoms with Crippen LogP contribution in [-0.2, 0) is 12.0 Å². The summed E-state index contributed by atoms with van der Waals surface area (Å²) in [5.41, 5.74) is 0.459. The Labute approximate surface area is 146 Å². The number of hydrogen-bond acceptors (Lipinski definition) is 5. The maximum absolute atomic E-state index is 12.5. The van der Waals surface area contributed by atoms with E-state index in [1.807, 2.05) is 51.1 Å². The Kier molecular flexibility index (Phi) is 4.65. The van der Waals surface area contributed by atoms with Gasteiger partial charge in [0.2, 0.25) is 5.89 Å². The van der Waals surface area contributed by atoms with E-state index in [4.69, 9.17) is 4.52 Å². The van der Waals surface area contributed by atoms with E-state index < -0.39 is 5.54 Å². The molecule has 0 saturated carbocycles. The van der Waals surface area contributed by atoms with E-state index in [1.54, 1.807) is 16.9 Å². The summed E-state index contributed by atoms with van der Waals surface area (Å²) < 4.78 is 6.87. The maximum atomic E-state index is 12.5. The second kappa shape index (κ2) is 6.88. The van der Waals surface area contributed by atoms with Crippen LogP contribution in [-0.4, -0.2) is 25.8 Å². The van der Waals surface area contributed by atoms with Crippen LogP contribution in [0, 0.1) is 0 Å². The van der Waals surface area contributed by atoms with Gasteiger partial charge in [-0.1, -0.05) is 30.3 Å². The Morgan fingerprint density at radius 2 is 2.00 bits per heavy atom. The SMILES string of the molecule is CCCc1nc(C(C)(C)NC(=O)c2ccn(-c3ccccc3)n2)no1. The summed E-state index contributed by atoms with van der Waals surface area (Å²) in [5.74, 6) is 0.737. The van der Waals surface area contributed by atoms with Crippen molar-refractivity contribution in [3.05, 3.63) is 60.0 Å². The van der Waals surface area contributed by atoms with E-state index in [2.05, 4.69) is 20.6 Å². The van der Waals surface area contributed by atoms with Crippen LogP contribution in [0.2, 0.25) is 0 Å². The number of amides is 1. The van der Waals surface area contributed by atoms with Gasteiger partial charge in [-0.25, -0.2) is 4.68 Å². The molecule has 1 amide bonds. The van der Waals surface area contributed by atoms with E-state index in [0.29, 0.717) is 17.4 Å². The summed E-state index contributed by atoms with van der Waals surface area (Å²) in [6.45, 7) is 5.71. The summed E-state index contributed by atoms with van der Waals surface area (Å²) >= 11 is 0. The summed E-state index contributed by atoms with van der Waals surface area (Å²) in [6.07, 6.45) is 3.40. The number of carbonyl (C=O) groups is 1. The molecule has 1 N–H and O–H groups in total. The summed E-state index contributed by atoms with van der Waals surface area (Å²) in [4.78, 5) is 16.9. The molecule has 7 nitrogen and oxygen atoms in total. The van der Waals surface area contributed by atoms with Gasteiger partial charge in [-0.15, -0.1) is 0 Å². The van der Waals surface area contributed by atoms with Crippen LogP contribution in [0.3, 0.4) is 0 Å². The fraction of sp³-hybridized carbons (Fsp3) is 0.333. The van der Waals surface area contributed by atoms with Crippen molar-refractivity contribution in [2.24, 2.45) is 0 Å². The minimum absolute atomic E-state index is 0.290. The first-order valence-corrected chi connectivity index (χ1v) is 8.26. The first-order valence-electron chi connectivity index (χ1n) is 8.26. The Bertz CT molecular complexity index is 851. The minimum Gasteiger partial charge on any atom is -0.339 e. The van der Waals surface area contributed by atoms with Crippen molar-refractivity contribution in [2.45, 2.75) is 39.2 Å². The molecule has 0 saturated heterocycles. The summed E-state index contributed by atoms with van der Waals surface area (Å²) in [5, 5.41) is 11.2. The third-order valence-electron chi connectivity index (χ3n) is 3.76. The number of nitrogens with one attached hydrogen (secondary N) is 1. The van der Waals surface area contributed by atoms with Gasteiger partial charge in [0.1, 0.15) is 0 Å². The fourth-order valence-electron chi connectivity index (χ4n) is 2.40. The Morgan fingerprint density at radius 1 is 1.24 bits per heavy atom. The predicted octanol–water partition coefficient (Wildman–Crippen LogP) is 2.87. The Hall–Kier alpha value is -2.96. The first-order chi connectivity index (χ1) is 12.0. The summed E-state index contributed by atoms with van der Waals surface area (Å²) in [6, 6.07) is 11.3. The van der Waals surface area contributed by atoms with Gasteiger partial charge in [-0.2, -0.15) is 10.1 Å². The molecule has 3 aromatic rings. The van der Waals surface area contributed by atoms with Gasteiger partial charge in [0.25, 0.3) is 5.91 Å². The molecule has 0 atom stereocenters. The quantitative estimate of drug-likeness (QED) is 0.746. The van der Waals surface area contributed by atoms with Gasteiger partial charge in [0.15, 0.2) is 11.5 Å². The number of aryl methyl sites for hydroxylation is 1. The Balaban J connectivity index is 1.73. The molecule has 0 bridgehead atoms. The van der Waals surface area contributed by atoms with E-state index in [0.717, 1.165) is 18.5 Å². The normalized spacial score (nSPS) is 11.5. The zero-order valence-corrected chi connectivity index (χ0v) is 14.6. The van der Waals surface area contributed by atoms with E-state index >= 15 is 0 Å². The monoisotopic (exact) mass is 339 g/mol. The van der Waals surface area contributed by atoms with Crippen molar-refractivity contribution in [2.75, 3.05) is 0 Å². The second-order valence-electron chi connectivity index (χ2n) is 6.32. The van der Waals surface area contributed by atoms with E-state index in [-0.39, 0.29) is 5.91 Å². The first kappa shape index (κ1) is 16.9. The number of nitrogens with zero attached hydrogens (tertiary/aromatic N) is 4. The van der Waals surface area contributed by atoms with Crippen molar-refractivity contribution in [1.82, 2.24) is 25.2 Å². The average Bonchev–Trinajstić information content (AvgIpc) is 3.25. The number of hydrogen-bond donors (Lipinski definition) is 1. The molecule has 0 radical (unpaired) electrons. The highest BCUT2D eigenvalue weighted by atomic mass is 16.5. The van der Waals surface area contributed by atoms with E-state index in [1.165, 1.54) is 0 Å². The molecule has 0 fully saturated rings. The lowest BCUT2D eigenvalue weighted by Gasteiger charge is -2.21.